The molecule has 3 nitrogen and oxygen atoms in total. The Morgan fingerprint density at radius 1 is 1.33 bits per heavy atom. The molecule has 1 rings (SSSR count). The Bertz CT molecular complexity index is 371. The minimum atomic E-state index is 0.612. The summed E-state index contributed by atoms with van der Waals surface area (Å²) in [5.41, 5.74) is 5.74. The lowest BCUT2D eigenvalue weighted by Gasteiger charge is -2.02. The van der Waals surface area contributed by atoms with E-state index in [4.69, 9.17) is 22.1 Å². The van der Waals surface area contributed by atoms with Crippen molar-refractivity contribution in [3.63, 3.8) is 0 Å². The molecule has 0 spiro atoms. The number of nitrogens with two attached hydrogens (primary N) is 1. The maximum absolute atomic E-state index is 5.82. The summed E-state index contributed by atoms with van der Waals surface area (Å²) in [5, 5.41) is 1.40. The van der Waals surface area contributed by atoms with Crippen LogP contribution in [0, 0.1) is 0 Å². The van der Waals surface area contributed by atoms with E-state index in [0.717, 1.165) is 16.5 Å². The number of thioether (sulfide) groups is 2. The lowest BCUT2D eigenvalue weighted by molar-refractivity contribution is 0.208. The van der Waals surface area contributed by atoms with Crippen LogP contribution in [0.2, 0.25) is 5.02 Å². The van der Waals surface area contributed by atoms with Crippen molar-refractivity contribution in [1.82, 2.24) is 0 Å². The van der Waals surface area contributed by atoms with E-state index in [1.165, 1.54) is 4.90 Å². The van der Waals surface area contributed by atoms with Crippen molar-refractivity contribution < 1.29 is 4.74 Å². The van der Waals surface area contributed by atoms with Crippen LogP contribution in [0.4, 0.5) is 0 Å². The second-order valence-electron chi connectivity index (χ2n) is 3.36. The number of hydrogen-bond acceptors (Lipinski definition) is 4. The Labute approximate surface area is 122 Å². The average Bonchev–Trinajstić information content (AvgIpc) is 2.37. The molecule has 0 saturated carbocycles. The molecular weight excluding hydrogens is 288 g/mol. The summed E-state index contributed by atoms with van der Waals surface area (Å²) in [6, 6.07) is 7.84. The van der Waals surface area contributed by atoms with Gasteiger partial charge in [0, 0.05) is 28.5 Å². The number of benzene rings is 1. The highest BCUT2D eigenvalue weighted by atomic mass is 35.5. The second kappa shape index (κ2) is 9.55. The van der Waals surface area contributed by atoms with Crippen molar-refractivity contribution in [3.8, 4) is 0 Å². The van der Waals surface area contributed by atoms with Gasteiger partial charge in [0.1, 0.15) is 0 Å². The van der Waals surface area contributed by atoms with Crippen molar-refractivity contribution >= 4 is 40.3 Å². The largest absolute Gasteiger partial charge is 0.383 e. The van der Waals surface area contributed by atoms with Crippen LogP contribution in [0.15, 0.2) is 34.2 Å². The van der Waals surface area contributed by atoms with Crippen LogP contribution in [0.1, 0.15) is 0 Å². The first-order valence-electron chi connectivity index (χ1n) is 5.52. The Balaban J connectivity index is 2.14. The third-order valence-corrected chi connectivity index (χ3v) is 4.34. The van der Waals surface area contributed by atoms with Crippen LogP contribution in [-0.2, 0) is 4.74 Å². The van der Waals surface area contributed by atoms with Crippen molar-refractivity contribution in [2.24, 2.45) is 10.7 Å². The van der Waals surface area contributed by atoms with E-state index in [1.807, 2.05) is 24.3 Å². The molecule has 0 aliphatic carbocycles. The van der Waals surface area contributed by atoms with E-state index < -0.39 is 0 Å². The fourth-order valence-electron chi connectivity index (χ4n) is 1.13. The van der Waals surface area contributed by atoms with E-state index in [1.54, 1.807) is 30.6 Å². The third-order valence-electron chi connectivity index (χ3n) is 1.98. The lowest BCUT2D eigenvalue weighted by Crippen LogP contribution is -2.10. The Morgan fingerprint density at radius 2 is 2.06 bits per heavy atom. The number of aliphatic imine (C=N–C) groups is 1. The quantitative estimate of drug-likeness (QED) is 0.364. The first-order chi connectivity index (χ1) is 8.72. The molecule has 2 N–H and O–H groups in total. The zero-order valence-electron chi connectivity index (χ0n) is 10.3. The number of halogens is 1. The van der Waals surface area contributed by atoms with Gasteiger partial charge in [-0.1, -0.05) is 23.4 Å². The molecule has 0 aromatic heterocycles. The molecule has 0 fully saturated rings. The lowest BCUT2D eigenvalue weighted by atomic mass is 10.4. The zero-order chi connectivity index (χ0) is 13.2. The van der Waals surface area contributed by atoms with E-state index in [9.17, 15) is 0 Å². The van der Waals surface area contributed by atoms with Crippen LogP contribution < -0.4 is 5.73 Å². The highest BCUT2D eigenvalue weighted by Crippen LogP contribution is 2.21. The van der Waals surface area contributed by atoms with Crippen molar-refractivity contribution in [1.29, 1.82) is 0 Å². The topological polar surface area (TPSA) is 47.6 Å². The van der Waals surface area contributed by atoms with Gasteiger partial charge in [-0.15, -0.1) is 11.8 Å². The highest BCUT2D eigenvalue weighted by Gasteiger charge is 1.97. The van der Waals surface area contributed by atoms with Gasteiger partial charge >= 0.3 is 0 Å². The molecule has 18 heavy (non-hydrogen) atoms. The van der Waals surface area contributed by atoms with Gasteiger partial charge in [-0.25, -0.2) is 0 Å². The SMILES string of the molecule is COCCN=C(N)SCCSc1ccc(Cl)cc1. The Hall–Kier alpha value is -0.360. The Kier molecular flexibility index (Phi) is 8.33. The molecule has 0 saturated heterocycles. The highest BCUT2D eigenvalue weighted by molar-refractivity contribution is 8.14. The van der Waals surface area contributed by atoms with E-state index >= 15 is 0 Å². The van der Waals surface area contributed by atoms with Crippen molar-refractivity contribution in [3.05, 3.63) is 29.3 Å². The molecule has 1 aromatic rings. The summed E-state index contributed by atoms with van der Waals surface area (Å²) in [7, 11) is 1.65. The van der Waals surface area contributed by atoms with Crippen LogP contribution in [-0.4, -0.2) is 36.9 Å². The number of methoxy groups -OCH3 is 1. The van der Waals surface area contributed by atoms with Gasteiger partial charge in [0.15, 0.2) is 5.17 Å². The van der Waals surface area contributed by atoms with Crippen LogP contribution in [0.5, 0.6) is 0 Å². The van der Waals surface area contributed by atoms with Gasteiger partial charge in [0.25, 0.3) is 0 Å². The predicted octanol–water partition coefficient (Wildman–Crippen LogP) is 3.13. The molecule has 0 radical (unpaired) electrons. The van der Waals surface area contributed by atoms with E-state index in [2.05, 4.69) is 4.99 Å². The summed E-state index contributed by atoms with van der Waals surface area (Å²) in [5.74, 6) is 1.93. The summed E-state index contributed by atoms with van der Waals surface area (Å²) < 4.78 is 4.90. The summed E-state index contributed by atoms with van der Waals surface area (Å²) in [6.07, 6.45) is 0. The van der Waals surface area contributed by atoms with Gasteiger partial charge in [0.05, 0.1) is 13.2 Å². The van der Waals surface area contributed by atoms with Crippen LogP contribution >= 0.6 is 35.1 Å². The average molecular weight is 305 g/mol. The van der Waals surface area contributed by atoms with E-state index in [-0.39, 0.29) is 0 Å². The van der Waals surface area contributed by atoms with Crippen molar-refractivity contribution in [2.75, 3.05) is 31.8 Å². The van der Waals surface area contributed by atoms with Gasteiger partial charge in [-0.3, -0.25) is 4.99 Å². The maximum Gasteiger partial charge on any atom is 0.154 e. The minimum absolute atomic E-state index is 0.612. The number of ether oxygens (including phenoxy) is 1. The molecule has 6 heteroatoms. The summed E-state index contributed by atoms with van der Waals surface area (Å²) >= 11 is 9.18. The molecule has 0 heterocycles. The number of rotatable bonds is 7. The molecule has 100 valence electrons. The summed E-state index contributed by atoms with van der Waals surface area (Å²) in [6.45, 7) is 1.24. The van der Waals surface area contributed by atoms with Gasteiger partial charge < -0.3 is 10.5 Å². The molecule has 0 unspecified atom stereocenters. The van der Waals surface area contributed by atoms with Crippen LogP contribution in [0.3, 0.4) is 0 Å². The number of amidine groups is 1. The van der Waals surface area contributed by atoms with Gasteiger partial charge in [-0.2, -0.15) is 0 Å². The van der Waals surface area contributed by atoms with Crippen molar-refractivity contribution in [2.45, 2.75) is 4.90 Å². The predicted molar refractivity (Wildman–Crippen MR) is 83.0 cm³/mol. The first kappa shape index (κ1) is 15.7. The fraction of sp³-hybridized carbons (Fsp3) is 0.417. The fourth-order valence-corrected chi connectivity index (χ4v) is 2.88. The van der Waals surface area contributed by atoms with Gasteiger partial charge in [-0.05, 0) is 24.3 Å². The smallest absolute Gasteiger partial charge is 0.154 e. The molecular formula is C12H17ClN2OS2. The number of nitrogens with zero attached hydrogens (tertiary/aromatic N) is 1. The zero-order valence-corrected chi connectivity index (χ0v) is 12.7. The van der Waals surface area contributed by atoms with E-state index in [0.29, 0.717) is 18.3 Å². The Morgan fingerprint density at radius 3 is 2.72 bits per heavy atom. The normalized spacial score (nSPS) is 11.8. The molecule has 0 aliphatic heterocycles. The molecule has 0 bridgehead atoms. The minimum Gasteiger partial charge on any atom is -0.383 e. The standard InChI is InChI=1S/C12H17ClN2OS2/c1-16-7-6-15-12(14)18-9-8-17-11-4-2-10(13)3-5-11/h2-5H,6-9H2,1H3,(H2,14,15). The van der Waals surface area contributed by atoms with Gasteiger partial charge in [0.2, 0.25) is 0 Å². The molecule has 1 aromatic carbocycles. The molecule has 0 aliphatic rings. The molecule has 0 amide bonds. The first-order valence-corrected chi connectivity index (χ1v) is 7.87. The van der Waals surface area contributed by atoms with Crippen LogP contribution in [0.25, 0.3) is 0 Å². The third kappa shape index (κ3) is 7.16. The number of hydrogen-bond donors (Lipinski definition) is 1. The second-order valence-corrected chi connectivity index (χ2v) is 6.08. The molecule has 0 atom stereocenters. The monoisotopic (exact) mass is 304 g/mol. The summed E-state index contributed by atoms with van der Waals surface area (Å²) in [4.78, 5) is 5.39. The maximum atomic E-state index is 5.82.